The Balaban J connectivity index is 0. The predicted octanol–water partition coefficient (Wildman–Crippen LogP) is -0.0509. The molecular formula is C6H15ClN2O2. The second-order valence-corrected chi connectivity index (χ2v) is 1.71. The SMILES string of the molecule is Cl.[2H]C([2H])(CN)C([2H])([2H])C[C@@H](N)C(=O)O. The van der Waals surface area contributed by atoms with Gasteiger partial charge in [-0.3, -0.25) is 4.79 Å². The first-order valence-electron chi connectivity index (χ1n) is 4.82. The van der Waals surface area contributed by atoms with Crippen LogP contribution < -0.4 is 11.5 Å². The van der Waals surface area contributed by atoms with Crippen molar-refractivity contribution in [3.63, 3.8) is 0 Å². The number of aliphatic carboxylic acids is 1. The molecule has 0 bridgehead atoms. The molecule has 68 valence electrons. The molecule has 0 amide bonds. The van der Waals surface area contributed by atoms with Crippen LogP contribution in [0.25, 0.3) is 0 Å². The first kappa shape index (κ1) is 6.22. The van der Waals surface area contributed by atoms with E-state index in [-0.39, 0.29) is 12.4 Å². The highest BCUT2D eigenvalue weighted by Gasteiger charge is 2.09. The summed E-state index contributed by atoms with van der Waals surface area (Å²) in [6.07, 6.45) is -5.23. The lowest BCUT2D eigenvalue weighted by molar-refractivity contribution is -0.138. The molecule has 0 aliphatic carbocycles. The van der Waals surface area contributed by atoms with E-state index in [1.54, 1.807) is 0 Å². The Labute approximate surface area is 78.0 Å². The number of carboxylic acids is 1. The monoisotopic (exact) mass is 186 g/mol. The largest absolute Gasteiger partial charge is 0.480 e. The Hall–Kier alpha value is -0.320. The average molecular weight is 187 g/mol. The lowest BCUT2D eigenvalue weighted by Gasteiger charge is -2.03. The van der Waals surface area contributed by atoms with Crippen molar-refractivity contribution in [3.8, 4) is 0 Å². The van der Waals surface area contributed by atoms with E-state index in [1.165, 1.54) is 0 Å². The molecule has 11 heavy (non-hydrogen) atoms. The minimum absolute atomic E-state index is 0. The van der Waals surface area contributed by atoms with Crippen molar-refractivity contribution in [1.29, 1.82) is 0 Å². The highest BCUT2D eigenvalue weighted by atomic mass is 35.5. The van der Waals surface area contributed by atoms with E-state index in [2.05, 4.69) is 0 Å². The Morgan fingerprint density at radius 2 is 2.18 bits per heavy atom. The minimum atomic E-state index is -2.35. The van der Waals surface area contributed by atoms with Crippen molar-refractivity contribution < 1.29 is 15.4 Å². The highest BCUT2D eigenvalue weighted by Crippen LogP contribution is 1.96. The molecular weight excluding hydrogens is 168 g/mol. The van der Waals surface area contributed by atoms with Gasteiger partial charge in [0.25, 0.3) is 0 Å². The number of nitrogens with two attached hydrogens (primary N) is 2. The quantitative estimate of drug-likeness (QED) is 0.562. The van der Waals surface area contributed by atoms with Gasteiger partial charge in [0.15, 0.2) is 0 Å². The molecule has 0 heterocycles. The summed E-state index contributed by atoms with van der Waals surface area (Å²) in [5.41, 5.74) is 10.1. The molecule has 0 aromatic rings. The van der Waals surface area contributed by atoms with Crippen molar-refractivity contribution in [1.82, 2.24) is 0 Å². The standard InChI is InChI=1S/C6H14N2O2.ClH/c7-4-2-1-3-5(8)6(9)10;/h5H,1-4,7-8H2,(H,9,10);1H/t5-;/m1./s1/i1D2,2D2;. The first-order chi connectivity index (χ1) is 6.14. The van der Waals surface area contributed by atoms with Crippen LogP contribution in [0.2, 0.25) is 0 Å². The number of rotatable bonds is 5. The lowest BCUT2D eigenvalue weighted by atomic mass is 10.1. The summed E-state index contributed by atoms with van der Waals surface area (Å²) in [4.78, 5) is 10.3. The average Bonchev–Trinajstić information content (AvgIpc) is 2.03. The number of carboxylic acid groups (broad SMARTS) is 1. The zero-order chi connectivity index (χ0) is 11.6. The fraction of sp³-hybridized carbons (Fsp3) is 0.833. The van der Waals surface area contributed by atoms with Gasteiger partial charge in [-0.1, -0.05) is 6.37 Å². The highest BCUT2D eigenvalue weighted by molar-refractivity contribution is 5.85. The smallest absolute Gasteiger partial charge is 0.320 e. The van der Waals surface area contributed by atoms with Gasteiger partial charge in [0.2, 0.25) is 0 Å². The molecule has 0 saturated heterocycles. The van der Waals surface area contributed by atoms with Crippen LogP contribution in [0.15, 0.2) is 0 Å². The van der Waals surface area contributed by atoms with E-state index >= 15 is 0 Å². The molecule has 5 heteroatoms. The van der Waals surface area contributed by atoms with Gasteiger partial charge in [-0.05, 0) is 19.3 Å². The number of hydrogen-bond acceptors (Lipinski definition) is 3. The second-order valence-electron chi connectivity index (χ2n) is 1.71. The first-order valence-corrected chi connectivity index (χ1v) is 2.82. The Bertz CT molecular complexity index is 227. The summed E-state index contributed by atoms with van der Waals surface area (Å²) in [5, 5.41) is 8.44. The Morgan fingerprint density at radius 1 is 1.64 bits per heavy atom. The summed E-state index contributed by atoms with van der Waals surface area (Å²) in [7, 11) is 0. The molecule has 5 N–H and O–H groups in total. The van der Waals surface area contributed by atoms with Gasteiger partial charge in [0.1, 0.15) is 6.04 Å². The number of hydrogen-bond donors (Lipinski definition) is 3. The summed E-state index contributed by atoms with van der Waals surface area (Å²) < 4.78 is 29.1. The molecule has 0 radical (unpaired) electrons. The number of carbonyl (C=O) groups is 1. The van der Waals surface area contributed by atoms with Gasteiger partial charge in [-0.15, -0.1) is 12.4 Å². The normalized spacial score (nSPS) is 19.8. The molecule has 1 atom stereocenters. The zero-order valence-corrected chi connectivity index (χ0v) is 6.73. The maximum atomic E-state index is 10.3. The van der Waals surface area contributed by atoms with Gasteiger partial charge < -0.3 is 16.6 Å². The predicted molar refractivity (Wildman–Crippen MR) is 45.8 cm³/mol. The maximum absolute atomic E-state index is 10.3. The fourth-order valence-electron chi connectivity index (χ4n) is 0.342. The van der Waals surface area contributed by atoms with E-state index in [9.17, 15) is 4.79 Å². The van der Waals surface area contributed by atoms with Crippen molar-refractivity contribution in [2.45, 2.75) is 25.2 Å². The van der Waals surface area contributed by atoms with Crippen LogP contribution in [0.5, 0.6) is 0 Å². The molecule has 0 rings (SSSR count). The Kier molecular flexibility index (Phi) is 4.40. The number of halogens is 1. The van der Waals surface area contributed by atoms with Crippen LogP contribution in [0.1, 0.15) is 24.6 Å². The summed E-state index contributed by atoms with van der Waals surface area (Å²) in [6, 6.07) is -1.42. The van der Waals surface area contributed by atoms with Crippen LogP contribution in [0.3, 0.4) is 0 Å². The summed E-state index contributed by atoms with van der Waals surface area (Å²) in [5.74, 6) is -1.36. The Morgan fingerprint density at radius 3 is 2.55 bits per heavy atom. The molecule has 0 saturated carbocycles. The van der Waals surface area contributed by atoms with Crippen LogP contribution in [-0.4, -0.2) is 23.7 Å². The summed E-state index contributed by atoms with van der Waals surface area (Å²) >= 11 is 0. The zero-order valence-electron chi connectivity index (χ0n) is 9.91. The van der Waals surface area contributed by atoms with E-state index in [4.69, 9.17) is 22.1 Å². The van der Waals surface area contributed by atoms with Gasteiger partial charge in [-0.2, -0.15) is 0 Å². The van der Waals surface area contributed by atoms with Crippen molar-refractivity contribution in [2.75, 3.05) is 6.54 Å². The van der Waals surface area contributed by atoms with Gasteiger partial charge in [-0.25, -0.2) is 0 Å². The molecule has 0 aromatic carbocycles. The van der Waals surface area contributed by atoms with E-state index in [0.29, 0.717) is 0 Å². The minimum Gasteiger partial charge on any atom is -0.480 e. The molecule has 0 aromatic heterocycles. The van der Waals surface area contributed by atoms with Crippen LogP contribution >= 0.6 is 12.4 Å². The van der Waals surface area contributed by atoms with Crippen molar-refractivity contribution in [3.05, 3.63) is 0 Å². The molecule has 0 spiro atoms. The molecule has 0 unspecified atom stereocenters. The van der Waals surface area contributed by atoms with Gasteiger partial charge in [0.05, 0.1) is 0 Å². The molecule has 4 nitrogen and oxygen atoms in total. The summed E-state index contributed by atoms with van der Waals surface area (Å²) in [6.45, 7) is -0.521. The molecule has 0 fully saturated rings. The van der Waals surface area contributed by atoms with Crippen molar-refractivity contribution in [2.24, 2.45) is 11.5 Å². The molecule has 0 aliphatic heterocycles. The van der Waals surface area contributed by atoms with Crippen LogP contribution in [0.4, 0.5) is 0 Å². The molecule has 0 aliphatic rings. The fourth-order valence-corrected chi connectivity index (χ4v) is 0.342. The third kappa shape index (κ3) is 7.58. The van der Waals surface area contributed by atoms with E-state index in [0.717, 1.165) is 0 Å². The third-order valence-corrected chi connectivity index (χ3v) is 0.866. The van der Waals surface area contributed by atoms with Crippen molar-refractivity contribution >= 4 is 18.4 Å². The van der Waals surface area contributed by atoms with Crippen LogP contribution in [-0.2, 0) is 4.79 Å². The van der Waals surface area contributed by atoms with Crippen LogP contribution in [0, 0.1) is 0 Å². The second kappa shape index (κ2) is 7.78. The lowest BCUT2D eigenvalue weighted by Crippen LogP contribution is -2.29. The maximum Gasteiger partial charge on any atom is 0.320 e. The van der Waals surface area contributed by atoms with Gasteiger partial charge in [0, 0.05) is 5.48 Å². The van der Waals surface area contributed by atoms with E-state index in [1.807, 2.05) is 0 Å². The van der Waals surface area contributed by atoms with E-state index < -0.39 is 37.7 Å². The van der Waals surface area contributed by atoms with Gasteiger partial charge >= 0.3 is 5.97 Å². The third-order valence-electron chi connectivity index (χ3n) is 0.866. The topological polar surface area (TPSA) is 89.3 Å².